The summed E-state index contributed by atoms with van der Waals surface area (Å²) in [5.41, 5.74) is 2.00. The first-order valence-electron chi connectivity index (χ1n) is 7.23. The van der Waals surface area contributed by atoms with Crippen LogP contribution in [0.25, 0.3) is 5.69 Å². The van der Waals surface area contributed by atoms with Crippen molar-refractivity contribution in [2.75, 3.05) is 33.9 Å². The Morgan fingerprint density at radius 2 is 2.14 bits per heavy atom. The molecule has 1 aromatic carbocycles. The van der Waals surface area contributed by atoms with Gasteiger partial charge in [-0.05, 0) is 12.1 Å². The Hall–Kier alpha value is -2.18. The molecular weight excluding hydrogens is 280 g/mol. The summed E-state index contributed by atoms with van der Waals surface area (Å²) in [4.78, 5) is 13.7. The van der Waals surface area contributed by atoms with Crippen molar-refractivity contribution in [2.45, 2.75) is 6.54 Å². The maximum atomic E-state index is 12.0. The van der Waals surface area contributed by atoms with Crippen LogP contribution in [0.4, 0.5) is 0 Å². The number of carbonyl (C=O) groups excluding carboxylic acids is 1. The molecule has 22 heavy (non-hydrogen) atoms. The molecule has 118 valence electrons. The standard InChI is InChI=1S/C16H22N4O2/c1-19(16(21)11-17-8-9-22-2)12-14-10-18-20(13-14)15-6-4-3-5-7-15/h3-7,10,13,17H,8-9,11-12H2,1-2H3. The molecule has 0 bridgehead atoms. The third-order valence-corrected chi connectivity index (χ3v) is 3.26. The van der Waals surface area contributed by atoms with Gasteiger partial charge < -0.3 is 15.0 Å². The highest BCUT2D eigenvalue weighted by Gasteiger charge is 2.10. The summed E-state index contributed by atoms with van der Waals surface area (Å²) in [6.45, 7) is 2.12. The molecular formula is C16H22N4O2. The summed E-state index contributed by atoms with van der Waals surface area (Å²) in [7, 11) is 3.43. The number of ether oxygens (including phenoxy) is 1. The smallest absolute Gasteiger partial charge is 0.236 e. The number of amides is 1. The minimum atomic E-state index is 0.0450. The summed E-state index contributed by atoms with van der Waals surface area (Å²) in [6.07, 6.45) is 3.73. The fraction of sp³-hybridized carbons (Fsp3) is 0.375. The van der Waals surface area contributed by atoms with Crippen molar-refractivity contribution in [2.24, 2.45) is 0 Å². The Bertz CT molecular complexity index is 583. The minimum Gasteiger partial charge on any atom is -0.383 e. The number of aromatic nitrogens is 2. The van der Waals surface area contributed by atoms with Crippen molar-refractivity contribution in [1.82, 2.24) is 20.0 Å². The second kappa shape index (κ2) is 8.31. The van der Waals surface area contributed by atoms with Gasteiger partial charge in [0.25, 0.3) is 0 Å². The van der Waals surface area contributed by atoms with Gasteiger partial charge in [0.1, 0.15) is 0 Å². The highest BCUT2D eigenvalue weighted by molar-refractivity contribution is 5.77. The molecule has 0 aliphatic carbocycles. The van der Waals surface area contributed by atoms with Gasteiger partial charge in [0.05, 0.1) is 25.0 Å². The highest BCUT2D eigenvalue weighted by atomic mass is 16.5. The number of hydrogen-bond donors (Lipinski definition) is 1. The van der Waals surface area contributed by atoms with Crippen LogP contribution in [-0.2, 0) is 16.1 Å². The van der Waals surface area contributed by atoms with Gasteiger partial charge in [-0.2, -0.15) is 5.10 Å². The third-order valence-electron chi connectivity index (χ3n) is 3.26. The van der Waals surface area contributed by atoms with E-state index in [1.54, 1.807) is 25.3 Å². The second-order valence-electron chi connectivity index (χ2n) is 5.05. The Labute approximate surface area is 130 Å². The zero-order chi connectivity index (χ0) is 15.8. The topological polar surface area (TPSA) is 59.4 Å². The largest absolute Gasteiger partial charge is 0.383 e. The van der Waals surface area contributed by atoms with E-state index in [9.17, 15) is 4.79 Å². The SMILES string of the molecule is COCCNCC(=O)N(C)Cc1cnn(-c2ccccc2)c1. The van der Waals surface area contributed by atoms with Gasteiger partial charge in [-0.3, -0.25) is 4.79 Å². The monoisotopic (exact) mass is 302 g/mol. The van der Waals surface area contributed by atoms with Crippen LogP contribution in [-0.4, -0.2) is 54.4 Å². The number of hydrogen-bond acceptors (Lipinski definition) is 4. The van der Waals surface area contributed by atoms with Gasteiger partial charge in [-0.15, -0.1) is 0 Å². The van der Waals surface area contributed by atoms with Gasteiger partial charge in [0.15, 0.2) is 0 Å². The van der Waals surface area contributed by atoms with Crippen LogP contribution in [0, 0.1) is 0 Å². The predicted molar refractivity (Wildman–Crippen MR) is 84.8 cm³/mol. The molecule has 1 aromatic heterocycles. The zero-order valence-electron chi connectivity index (χ0n) is 13.0. The molecule has 2 aromatic rings. The van der Waals surface area contributed by atoms with Crippen LogP contribution in [0.3, 0.4) is 0 Å². The number of carbonyl (C=O) groups is 1. The van der Waals surface area contributed by atoms with Gasteiger partial charge in [0, 0.05) is 39.0 Å². The molecule has 0 saturated heterocycles. The number of methoxy groups -OCH3 is 1. The van der Waals surface area contributed by atoms with Gasteiger partial charge in [0.2, 0.25) is 5.91 Å². The number of benzene rings is 1. The number of nitrogens with zero attached hydrogens (tertiary/aromatic N) is 3. The van der Waals surface area contributed by atoms with Crippen LogP contribution in [0.1, 0.15) is 5.56 Å². The third kappa shape index (κ3) is 4.68. The van der Waals surface area contributed by atoms with Crippen molar-refractivity contribution in [3.8, 4) is 5.69 Å². The molecule has 0 spiro atoms. The normalized spacial score (nSPS) is 10.6. The highest BCUT2D eigenvalue weighted by Crippen LogP contribution is 2.09. The zero-order valence-corrected chi connectivity index (χ0v) is 13.0. The maximum absolute atomic E-state index is 12.0. The van der Waals surface area contributed by atoms with Crippen LogP contribution in [0.5, 0.6) is 0 Å². The van der Waals surface area contributed by atoms with Crippen LogP contribution < -0.4 is 5.32 Å². The molecule has 0 saturated carbocycles. The lowest BCUT2D eigenvalue weighted by Crippen LogP contribution is -2.36. The molecule has 0 atom stereocenters. The van der Waals surface area contributed by atoms with Crippen LogP contribution in [0.15, 0.2) is 42.7 Å². The Kier molecular flexibility index (Phi) is 6.12. The summed E-state index contributed by atoms with van der Waals surface area (Å²) in [6, 6.07) is 9.89. The van der Waals surface area contributed by atoms with Crippen LogP contribution >= 0.6 is 0 Å². The fourth-order valence-corrected chi connectivity index (χ4v) is 2.03. The Morgan fingerprint density at radius 1 is 1.36 bits per heavy atom. The summed E-state index contributed by atoms with van der Waals surface area (Å²) in [5.74, 6) is 0.0450. The maximum Gasteiger partial charge on any atom is 0.236 e. The van der Waals surface area contributed by atoms with Gasteiger partial charge in [-0.1, -0.05) is 18.2 Å². The van der Waals surface area contributed by atoms with E-state index in [0.29, 0.717) is 26.2 Å². The lowest BCUT2D eigenvalue weighted by Gasteiger charge is -2.16. The molecule has 1 heterocycles. The van der Waals surface area contributed by atoms with E-state index >= 15 is 0 Å². The van der Waals surface area contributed by atoms with Gasteiger partial charge >= 0.3 is 0 Å². The average Bonchev–Trinajstić information content (AvgIpc) is 3.00. The lowest BCUT2D eigenvalue weighted by atomic mass is 10.3. The first-order valence-corrected chi connectivity index (χ1v) is 7.23. The summed E-state index contributed by atoms with van der Waals surface area (Å²) < 4.78 is 6.74. The summed E-state index contributed by atoms with van der Waals surface area (Å²) in [5, 5.41) is 7.38. The molecule has 6 heteroatoms. The lowest BCUT2D eigenvalue weighted by molar-refractivity contribution is -0.129. The van der Waals surface area contributed by atoms with Crippen molar-refractivity contribution >= 4 is 5.91 Å². The first-order chi connectivity index (χ1) is 10.7. The molecule has 6 nitrogen and oxygen atoms in total. The first kappa shape index (κ1) is 16.2. The molecule has 0 radical (unpaired) electrons. The van der Waals surface area contributed by atoms with Crippen LogP contribution in [0.2, 0.25) is 0 Å². The molecule has 1 N–H and O–H groups in total. The van der Waals surface area contributed by atoms with Crippen molar-refractivity contribution in [3.05, 3.63) is 48.3 Å². The van der Waals surface area contributed by atoms with Gasteiger partial charge in [-0.25, -0.2) is 4.68 Å². The van der Waals surface area contributed by atoms with E-state index in [2.05, 4.69) is 10.4 Å². The summed E-state index contributed by atoms with van der Waals surface area (Å²) >= 11 is 0. The number of rotatable bonds is 8. The van der Waals surface area contributed by atoms with E-state index in [1.165, 1.54) is 0 Å². The van der Waals surface area contributed by atoms with Crippen molar-refractivity contribution in [3.63, 3.8) is 0 Å². The van der Waals surface area contributed by atoms with Crippen molar-refractivity contribution in [1.29, 1.82) is 0 Å². The second-order valence-corrected chi connectivity index (χ2v) is 5.05. The molecule has 1 amide bonds. The Morgan fingerprint density at radius 3 is 2.86 bits per heavy atom. The van der Waals surface area contributed by atoms with Crippen molar-refractivity contribution < 1.29 is 9.53 Å². The van der Waals surface area contributed by atoms with E-state index in [0.717, 1.165) is 11.3 Å². The molecule has 0 fully saturated rings. The predicted octanol–water partition coefficient (Wildman–Crippen LogP) is 1.07. The molecule has 0 aliphatic heterocycles. The number of nitrogens with one attached hydrogen (secondary N) is 1. The minimum absolute atomic E-state index is 0.0450. The van der Waals surface area contributed by atoms with E-state index < -0.39 is 0 Å². The average molecular weight is 302 g/mol. The van der Waals surface area contributed by atoms with E-state index in [4.69, 9.17) is 4.74 Å². The number of para-hydroxylation sites is 1. The van der Waals surface area contributed by atoms with E-state index in [-0.39, 0.29) is 5.91 Å². The fourth-order valence-electron chi connectivity index (χ4n) is 2.03. The molecule has 0 unspecified atom stereocenters. The molecule has 2 rings (SSSR count). The Balaban J connectivity index is 1.85. The molecule has 0 aliphatic rings. The van der Waals surface area contributed by atoms with E-state index in [1.807, 2.05) is 41.2 Å². The number of likely N-dealkylation sites (N-methyl/N-ethyl adjacent to an activating group) is 1. The quantitative estimate of drug-likeness (QED) is 0.741.